The van der Waals surface area contributed by atoms with E-state index < -0.39 is 0 Å². The van der Waals surface area contributed by atoms with Crippen molar-refractivity contribution in [3.63, 3.8) is 0 Å². The smallest absolute Gasteiger partial charge is 0.255 e. The Hall–Kier alpha value is -3.99. The molecule has 4 aromatic rings. The molecular formula is C24H20N4O. The van der Waals surface area contributed by atoms with E-state index in [4.69, 9.17) is 0 Å². The standard InChI is InChI=1S/C24H20N4O/c1-17-9-10-21(27-24(29)18-6-3-2-4-7-18)15-22(17)28-23-14-19(11-13-26-23)20-8-5-12-25-16-20/h2-16H,1H3,(H,26,28)(H,27,29). The first-order chi connectivity index (χ1) is 14.2. The second-order valence-electron chi connectivity index (χ2n) is 6.65. The molecule has 5 heteroatoms. The average molecular weight is 380 g/mol. The molecule has 0 fully saturated rings. The van der Waals surface area contributed by atoms with Gasteiger partial charge in [-0.3, -0.25) is 9.78 Å². The third-order valence-corrected chi connectivity index (χ3v) is 4.55. The number of nitrogens with zero attached hydrogens (tertiary/aromatic N) is 2. The molecule has 142 valence electrons. The molecule has 4 rings (SSSR count). The van der Waals surface area contributed by atoms with Crippen molar-refractivity contribution < 1.29 is 4.79 Å². The lowest BCUT2D eigenvalue weighted by Gasteiger charge is -2.13. The van der Waals surface area contributed by atoms with E-state index in [9.17, 15) is 4.79 Å². The van der Waals surface area contributed by atoms with Crippen molar-refractivity contribution in [3.05, 3.63) is 103 Å². The van der Waals surface area contributed by atoms with Crippen LogP contribution in [0, 0.1) is 6.92 Å². The fourth-order valence-corrected chi connectivity index (χ4v) is 2.98. The maximum Gasteiger partial charge on any atom is 0.255 e. The Morgan fingerprint density at radius 1 is 0.862 bits per heavy atom. The Labute approximate surface area is 169 Å². The molecule has 0 aliphatic rings. The molecule has 0 saturated heterocycles. The molecule has 0 radical (unpaired) electrons. The molecule has 1 amide bonds. The summed E-state index contributed by atoms with van der Waals surface area (Å²) in [4.78, 5) is 21.0. The minimum Gasteiger partial charge on any atom is -0.340 e. The highest BCUT2D eigenvalue weighted by Gasteiger charge is 2.08. The van der Waals surface area contributed by atoms with Crippen LogP contribution in [0.25, 0.3) is 11.1 Å². The highest BCUT2D eigenvalue weighted by atomic mass is 16.1. The van der Waals surface area contributed by atoms with Crippen LogP contribution >= 0.6 is 0 Å². The molecule has 0 aliphatic carbocycles. The summed E-state index contributed by atoms with van der Waals surface area (Å²) in [7, 11) is 0. The summed E-state index contributed by atoms with van der Waals surface area (Å²) >= 11 is 0. The van der Waals surface area contributed by atoms with Crippen molar-refractivity contribution in [2.75, 3.05) is 10.6 Å². The Kier molecular flexibility index (Phi) is 5.29. The number of aryl methyl sites for hydroxylation is 1. The quantitative estimate of drug-likeness (QED) is 0.483. The number of amides is 1. The topological polar surface area (TPSA) is 66.9 Å². The predicted molar refractivity (Wildman–Crippen MR) is 116 cm³/mol. The van der Waals surface area contributed by atoms with Gasteiger partial charge >= 0.3 is 0 Å². The van der Waals surface area contributed by atoms with E-state index in [1.54, 1.807) is 24.5 Å². The summed E-state index contributed by atoms with van der Waals surface area (Å²) in [6.07, 6.45) is 5.34. The van der Waals surface area contributed by atoms with Gasteiger partial charge < -0.3 is 10.6 Å². The van der Waals surface area contributed by atoms with E-state index in [0.29, 0.717) is 5.56 Å². The minimum absolute atomic E-state index is 0.142. The van der Waals surface area contributed by atoms with Gasteiger partial charge in [0, 0.05) is 41.1 Å². The van der Waals surface area contributed by atoms with Crippen LogP contribution in [0.4, 0.5) is 17.2 Å². The second-order valence-corrected chi connectivity index (χ2v) is 6.65. The van der Waals surface area contributed by atoms with Crippen molar-refractivity contribution in [2.45, 2.75) is 6.92 Å². The first-order valence-corrected chi connectivity index (χ1v) is 9.29. The first-order valence-electron chi connectivity index (χ1n) is 9.29. The summed E-state index contributed by atoms with van der Waals surface area (Å²) in [5.41, 5.74) is 5.33. The van der Waals surface area contributed by atoms with Gasteiger partial charge in [0.25, 0.3) is 5.91 Å². The van der Waals surface area contributed by atoms with Crippen LogP contribution in [0.2, 0.25) is 0 Å². The number of carbonyl (C=O) groups is 1. The van der Waals surface area contributed by atoms with Crippen molar-refractivity contribution in [3.8, 4) is 11.1 Å². The van der Waals surface area contributed by atoms with Crippen LogP contribution in [0.5, 0.6) is 0 Å². The molecule has 2 heterocycles. The molecule has 5 nitrogen and oxygen atoms in total. The van der Waals surface area contributed by atoms with Crippen molar-refractivity contribution in [1.82, 2.24) is 9.97 Å². The Bertz CT molecular complexity index is 1130. The van der Waals surface area contributed by atoms with Gasteiger partial charge in [-0.15, -0.1) is 0 Å². The van der Waals surface area contributed by atoms with Crippen molar-refractivity contribution in [2.24, 2.45) is 0 Å². The van der Waals surface area contributed by atoms with Gasteiger partial charge in [-0.1, -0.05) is 30.3 Å². The molecule has 2 aromatic heterocycles. The third kappa shape index (κ3) is 4.47. The van der Waals surface area contributed by atoms with Gasteiger partial charge in [0.1, 0.15) is 5.82 Å². The van der Waals surface area contributed by atoms with Gasteiger partial charge in [-0.2, -0.15) is 0 Å². The fraction of sp³-hybridized carbons (Fsp3) is 0.0417. The molecule has 0 atom stereocenters. The molecule has 2 N–H and O–H groups in total. The number of pyridine rings is 2. The monoisotopic (exact) mass is 380 g/mol. The van der Waals surface area contributed by atoms with E-state index in [-0.39, 0.29) is 5.91 Å². The molecule has 2 aromatic carbocycles. The molecule has 0 aliphatic heterocycles. The molecule has 0 saturated carbocycles. The number of carbonyl (C=O) groups excluding carboxylic acids is 1. The fourth-order valence-electron chi connectivity index (χ4n) is 2.98. The zero-order valence-electron chi connectivity index (χ0n) is 16.0. The molecule has 0 unspecified atom stereocenters. The van der Waals surface area contributed by atoms with E-state index in [0.717, 1.165) is 33.9 Å². The zero-order chi connectivity index (χ0) is 20.1. The lowest BCUT2D eigenvalue weighted by Crippen LogP contribution is -2.11. The molecule has 29 heavy (non-hydrogen) atoms. The Morgan fingerprint density at radius 3 is 2.52 bits per heavy atom. The lowest BCUT2D eigenvalue weighted by molar-refractivity contribution is 0.102. The molecule has 0 bridgehead atoms. The van der Waals surface area contributed by atoms with Gasteiger partial charge in [0.2, 0.25) is 0 Å². The lowest BCUT2D eigenvalue weighted by atomic mass is 10.1. The van der Waals surface area contributed by atoms with Crippen LogP contribution in [-0.2, 0) is 0 Å². The third-order valence-electron chi connectivity index (χ3n) is 4.55. The summed E-state index contributed by atoms with van der Waals surface area (Å²) in [5.74, 6) is 0.582. The normalized spacial score (nSPS) is 10.4. The van der Waals surface area contributed by atoms with E-state index in [1.807, 2.05) is 73.8 Å². The summed E-state index contributed by atoms with van der Waals surface area (Å²) in [6.45, 7) is 2.01. The van der Waals surface area contributed by atoms with Crippen LogP contribution in [0.3, 0.4) is 0 Å². The number of anilines is 3. The minimum atomic E-state index is -0.142. The summed E-state index contributed by atoms with van der Waals surface area (Å²) in [5, 5.41) is 6.29. The highest BCUT2D eigenvalue weighted by Crippen LogP contribution is 2.26. The first kappa shape index (κ1) is 18.4. The van der Waals surface area contributed by atoms with E-state index in [1.165, 1.54) is 0 Å². The maximum atomic E-state index is 12.4. The maximum absolute atomic E-state index is 12.4. The van der Waals surface area contributed by atoms with Gasteiger partial charge in [0.15, 0.2) is 0 Å². The summed E-state index contributed by atoms with van der Waals surface area (Å²) in [6, 6.07) is 22.8. The van der Waals surface area contributed by atoms with Gasteiger partial charge in [-0.25, -0.2) is 4.98 Å². The van der Waals surface area contributed by atoms with Gasteiger partial charge in [0.05, 0.1) is 0 Å². The number of nitrogens with one attached hydrogen (secondary N) is 2. The Balaban J connectivity index is 1.55. The molecular weight excluding hydrogens is 360 g/mol. The van der Waals surface area contributed by atoms with Crippen molar-refractivity contribution in [1.29, 1.82) is 0 Å². The number of benzene rings is 2. The van der Waals surface area contributed by atoms with Crippen molar-refractivity contribution >= 4 is 23.1 Å². The zero-order valence-corrected chi connectivity index (χ0v) is 16.0. The highest BCUT2D eigenvalue weighted by molar-refractivity contribution is 6.04. The number of hydrogen-bond acceptors (Lipinski definition) is 4. The average Bonchev–Trinajstić information content (AvgIpc) is 2.77. The number of hydrogen-bond donors (Lipinski definition) is 2. The second kappa shape index (κ2) is 8.35. The van der Waals surface area contributed by atoms with E-state index in [2.05, 4.69) is 20.6 Å². The number of aromatic nitrogens is 2. The largest absolute Gasteiger partial charge is 0.340 e. The number of rotatable bonds is 5. The van der Waals surface area contributed by atoms with E-state index >= 15 is 0 Å². The Morgan fingerprint density at radius 2 is 1.72 bits per heavy atom. The van der Waals surface area contributed by atoms with Crippen LogP contribution in [-0.4, -0.2) is 15.9 Å². The summed E-state index contributed by atoms with van der Waals surface area (Å²) < 4.78 is 0. The van der Waals surface area contributed by atoms with Crippen LogP contribution in [0.15, 0.2) is 91.4 Å². The molecule has 0 spiro atoms. The SMILES string of the molecule is Cc1ccc(NC(=O)c2ccccc2)cc1Nc1cc(-c2cccnc2)ccn1. The van der Waals surface area contributed by atoms with Crippen LogP contribution in [0.1, 0.15) is 15.9 Å². The van der Waals surface area contributed by atoms with Gasteiger partial charge in [-0.05, 0) is 60.5 Å². The predicted octanol–water partition coefficient (Wildman–Crippen LogP) is 5.45. The van der Waals surface area contributed by atoms with Crippen LogP contribution < -0.4 is 10.6 Å².